The van der Waals surface area contributed by atoms with Crippen molar-refractivity contribution < 1.29 is 0 Å². The lowest BCUT2D eigenvalue weighted by molar-refractivity contribution is 0.531. The summed E-state index contributed by atoms with van der Waals surface area (Å²) < 4.78 is 0. The molecule has 0 aliphatic rings. The Labute approximate surface area is 123 Å². The molecule has 1 radical (unpaired) electrons. The van der Waals surface area contributed by atoms with Crippen molar-refractivity contribution in [3.05, 3.63) is 59.7 Å². The largest absolute Gasteiger partial charge is 0.0616 e. The molecular weight excluding hydrogens is 240 g/mol. The molecule has 0 bridgehead atoms. The van der Waals surface area contributed by atoms with Gasteiger partial charge in [-0.25, -0.2) is 0 Å². The Morgan fingerprint density at radius 2 is 1.45 bits per heavy atom. The summed E-state index contributed by atoms with van der Waals surface area (Å²) >= 11 is 0. The topological polar surface area (TPSA) is 0 Å². The third-order valence-corrected chi connectivity index (χ3v) is 3.62. The minimum absolute atomic E-state index is 0.114. The summed E-state index contributed by atoms with van der Waals surface area (Å²) in [6.45, 7) is 13.8. The molecule has 0 unspecified atom stereocenters. The van der Waals surface area contributed by atoms with Gasteiger partial charge in [0.05, 0.1) is 0 Å². The van der Waals surface area contributed by atoms with E-state index in [1.54, 1.807) is 0 Å². The van der Waals surface area contributed by atoms with Crippen molar-refractivity contribution in [3.63, 3.8) is 0 Å². The molecule has 0 aliphatic heterocycles. The highest BCUT2D eigenvalue weighted by atomic mass is 14.3. The molecule has 2 aromatic carbocycles. The van der Waals surface area contributed by atoms with Crippen LogP contribution in [-0.2, 0) is 10.8 Å². The van der Waals surface area contributed by atoms with Gasteiger partial charge in [0.1, 0.15) is 0 Å². The molecule has 0 fully saturated rings. The van der Waals surface area contributed by atoms with Crippen LogP contribution in [0, 0.1) is 6.07 Å². The molecule has 105 valence electrons. The van der Waals surface area contributed by atoms with E-state index in [2.05, 4.69) is 77.9 Å². The summed E-state index contributed by atoms with van der Waals surface area (Å²) in [4.78, 5) is 0. The van der Waals surface area contributed by atoms with E-state index in [-0.39, 0.29) is 10.8 Å². The van der Waals surface area contributed by atoms with Crippen LogP contribution < -0.4 is 0 Å². The van der Waals surface area contributed by atoms with Crippen LogP contribution in [0.25, 0.3) is 11.1 Å². The minimum atomic E-state index is 0.114. The Kier molecular flexibility index (Phi) is 3.77. The van der Waals surface area contributed by atoms with Gasteiger partial charge in [-0.1, -0.05) is 84.0 Å². The van der Waals surface area contributed by atoms with E-state index in [1.807, 2.05) is 12.1 Å². The lowest BCUT2D eigenvalue weighted by Gasteiger charge is -2.32. The first kappa shape index (κ1) is 14.8. The molecule has 0 N–H and O–H groups in total. The summed E-state index contributed by atoms with van der Waals surface area (Å²) in [5, 5.41) is 0. The van der Waals surface area contributed by atoms with E-state index < -0.39 is 0 Å². The van der Waals surface area contributed by atoms with E-state index in [0.29, 0.717) is 0 Å². The quantitative estimate of drug-likeness (QED) is 0.616. The van der Waals surface area contributed by atoms with E-state index in [0.717, 1.165) is 0 Å². The SMILES string of the molecule is CC(C)(C)c1cccc(-c2[c]cccc2)c1C(C)(C)C. The summed E-state index contributed by atoms with van der Waals surface area (Å²) in [5.41, 5.74) is 5.62. The second-order valence-corrected chi connectivity index (χ2v) is 7.50. The summed E-state index contributed by atoms with van der Waals surface area (Å²) in [6.07, 6.45) is 0. The number of hydrogen-bond donors (Lipinski definition) is 0. The average molecular weight is 265 g/mol. The molecular formula is C20H25. The van der Waals surface area contributed by atoms with Gasteiger partial charge in [0.15, 0.2) is 0 Å². The third-order valence-electron chi connectivity index (χ3n) is 3.62. The normalized spacial score (nSPS) is 12.5. The van der Waals surface area contributed by atoms with Crippen LogP contribution in [0.2, 0.25) is 0 Å². The molecule has 0 spiro atoms. The van der Waals surface area contributed by atoms with Gasteiger partial charge in [0, 0.05) is 0 Å². The number of rotatable bonds is 1. The van der Waals surface area contributed by atoms with Gasteiger partial charge in [-0.3, -0.25) is 0 Å². The minimum Gasteiger partial charge on any atom is -0.0616 e. The molecule has 0 saturated carbocycles. The summed E-state index contributed by atoms with van der Waals surface area (Å²) in [7, 11) is 0. The van der Waals surface area contributed by atoms with Gasteiger partial charge in [-0.15, -0.1) is 0 Å². The molecule has 0 heterocycles. The molecule has 0 saturated heterocycles. The Balaban J connectivity index is 2.77. The Bertz CT molecular complexity index is 578. The van der Waals surface area contributed by atoms with Crippen molar-refractivity contribution in [1.29, 1.82) is 0 Å². The Morgan fingerprint density at radius 3 is 1.95 bits per heavy atom. The van der Waals surface area contributed by atoms with Gasteiger partial charge in [-0.05, 0) is 39.2 Å². The maximum absolute atomic E-state index is 3.38. The Hall–Kier alpha value is -1.56. The van der Waals surface area contributed by atoms with Crippen LogP contribution in [-0.4, -0.2) is 0 Å². The second kappa shape index (κ2) is 5.09. The van der Waals surface area contributed by atoms with Gasteiger partial charge < -0.3 is 0 Å². The van der Waals surface area contributed by atoms with Crippen molar-refractivity contribution in [1.82, 2.24) is 0 Å². The lowest BCUT2D eigenvalue weighted by Crippen LogP contribution is -2.23. The molecule has 0 amide bonds. The monoisotopic (exact) mass is 265 g/mol. The molecule has 0 nitrogen and oxygen atoms in total. The maximum atomic E-state index is 3.38. The Morgan fingerprint density at radius 1 is 0.750 bits per heavy atom. The van der Waals surface area contributed by atoms with Crippen LogP contribution in [0.3, 0.4) is 0 Å². The third kappa shape index (κ3) is 2.95. The lowest BCUT2D eigenvalue weighted by atomic mass is 9.72. The van der Waals surface area contributed by atoms with Crippen molar-refractivity contribution in [2.75, 3.05) is 0 Å². The molecule has 0 aliphatic carbocycles. The predicted molar refractivity (Wildman–Crippen MR) is 88.1 cm³/mol. The number of benzene rings is 2. The summed E-state index contributed by atoms with van der Waals surface area (Å²) in [5.74, 6) is 0. The van der Waals surface area contributed by atoms with Crippen LogP contribution in [0.15, 0.2) is 42.5 Å². The average Bonchev–Trinajstić information content (AvgIpc) is 2.37. The van der Waals surface area contributed by atoms with Crippen molar-refractivity contribution >= 4 is 0 Å². The van der Waals surface area contributed by atoms with E-state index in [1.165, 1.54) is 22.3 Å². The van der Waals surface area contributed by atoms with Crippen molar-refractivity contribution in [2.24, 2.45) is 0 Å². The molecule has 2 rings (SSSR count). The van der Waals surface area contributed by atoms with Crippen LogP contribution in [0.1, 0.15) is 52.7 Å². The van der Waals surface area contributed by atoms with E-state index >= 15 is 0 Å². The number of hydrogen-bond acceptors (Lipinski definition) is 0. The molecule has 0 atom stereocenters. The molecule has 2 aromatic rings. The van der Waals surface area contributed by atoms with Crippen molar-refractivity contribution in [2.45, 2.75) is 52.4 Å². The maximum Gasteiger partial charge on any atom is -0.00991 e. The van der Waals surface area contributed by atoms with Gasteiger partial charge in [-0.2, -0.15) is 0 Å². The first-order valence-electron chi connectivity index (χ1n) is 7.32. The van der Waals surface area contributed by atoms with Gasteiger partial charge in [0.2, 0.25) is 0 Å². The van der Waals surface area contributed by atoms with E-state index in [4.69, 9.17) is 0 Å². The molecule has 0 heteroatoms. The van der Waals surface area contributed by atoms with E-state index in [9.17, 15) is 0 Å². The van der Waals surface area contributed by atoms with Gasteiger partial charge >= 0.3 is 0 Å². The van der Waals surface area contributed by atoms with Crippen LogP contribution in [0.5, 0.6) is 0 Å². The van der Waals surface area contributed by atoms with Crippen molar-refractivity contribution in [3.8, 4) is 11.1 Å². The fraction of sp³-hybridized carbons (Fsp3) is 0.400. The first-order valence-corrected chi connectivity index (χ1v) is 7.32. The van der Waals surface area contributed by atoms with Crippen LogP contribution in [0.4, 0.5) is 0 Å². The zero-order valence-electron chi connectivity index (χ0n) is 13.5. The summed E-state index contributed by atoms with van der Waals surface area (Å²) in [6, 6.07) is 18.3. The predicted octanol–water partition coefficient (Wildman–Crippen LogP) is 5.75. The van der Waals surface area contributed by atoms with Gasteiger partial charge in [0.25, 0.3) is 0 Å². The first-order chi connectivity index (χ1) is 9.21. The van der Waals surface area contributed by atoms with Crippen LogP contribution >= 0.6 is 0 Å². The highest BCUT2D eigenvalue weighted by Crippen LogP contribution is 2.40. The smallest absolute Gasteiger partial charge is 0.00991 e. The zero-order valence-corrected chi connectivity index (χ0v) is 13.5. The molecule has 20 heavy (non-hydrogen) atoms. The fourth-order valence-electron chi connectivity index (χ4n) is 2.77. The zero-order chi connectivity index (χ0) is 15.0. The fourth-order valence-corrected chi connectivity index (χ4v) is 2.77. The highest BCUT2D eigenvalue weighted by Gasteiger charge is 2.27. The molecule has 0 aromatic heterocycles. The standard InChI is InChI=1S/C20H25/c1-19(2,3)17-14-10-13-16(18(17)20(4,5)6)15-11-8-7-9-12-15/h7-11,13-14H,1-6H3. The highest BCUT2D eigenvalue weighted by molar-refractivity contribution is 5.70. The second-order valence-electron chi connectivity index (χ2n) is 7.50.